The summed E-state index contributed by atoms with van der Waals surface area (Å²) in [5.41, 5.74) is 5.03. The Kier molecular flexibility index (Phi) is 3.40. The first kappa shape index (κ1) is 14.0. The lowest BCUT2D eigenvalue weighted by molar-refractivity contribution is 0.805. The summed E-state index contributed by atoms with van der Waals surface area (Å²) in [6.45, 7) is 0. The van der Waals surface area contributed by atoms with Gasteiger partial charge in [0.05, 0.1) is 11.8 Å². The van der Waals surface area contributed by atoms with Crippen molar-refractivity contribution in [1.82, 2.24) is 9.97 Å². The van der Waals surface area contributed by atoms with E-state index in [0.29, 0.717) is 6.42 Å². The van der Waals surface area contributed by atoms with Gasteiger partial charge < -0.3 is 5.32 Å². The van der Waals surface area contributed by atoms with Gasteiger partial charge in [-0.15, -0.1) is 0 Å². The van der Waals surface area contributed by atoms with Crippen molar-refractivity contribution in [2.24, 2.45) is 0 Å². The van der Waals surface area contributed by atoms with Gasteiger partial charge in [0.15, 0.2) is 5.16 Å². The molecule has 2 aromatic rings. The van der Waals surface area contributed by atoms with Crippen LogP contribution in [0.5, 0.6) is 0 Å². The van der Waals surface area contributed by atoms with Crippen molar-refractivity contribution in [3.63, 3.8) is 0 Å². The number of aromatic nitrogens is 2. The minimum Gasteiger partial charge on any atom is -0.343 e. The molecule has 112 valence electrons. The first-order valence-electron chi connectivity index (χ1n) is 7.39. The molecule has 0 amide bonds. The molecule has 1 aromatic carbocycles. The second-order valence-corrected chi connectivity index (χ2v) is 6.27. The van der Waals surface area contributed by atoms with Crippen LogP contribution in [0.25, 0.3) is 11.3 Å². The van der Waals surface area contributed by atoms with E-state index in [2.05, 4.69) is 28.5 Å². The van der Waals surface area contributed by atoms with Crippen LogP contribution in [-0.4, -0.2) is 16.2 Å². The number of rotatable bonds is 2. The molecule has 0 spiro atoms. The van der Waals surface area contributed by atoms with Crippen LogP contribution in [0.4, 0.5) is 5.82 Å². The van der Waals surface area contributed by atoms with E-state index in [9.17, 15) is 5.26 Å². The largest absolute Gasteiger partial charge is 0.343 e. The molecule has 0 radical (unpaired) electrons. The van der Waals surface area contributed by atoms with Crippen LogP contribution in [0.1, 0.15) is 17.9 Å². The summed E-state index contributed by atoms with van der Waals surface area (Å²) in [4.78, 5) is 9.38. The second kappa shape index (κ2) is 5.56. The highest BCUT2D eigenvalue weighted by atomic mass is 32.2. The summed E-state index contributed by atoms with van der Waals surface area (Å²) < 4.78 is 0. The van der Waals surface area contributed by atoms with E-state index in [4.69, 9.17) is 4.98 Å². The molecule has 0 saturated carbocycles. The van der Waals surface area contributed by atoms with E-state index in [-0.39, 0.29) is 5.92 Å². The zero-order chi connectivity index (χ0) is 15.8. The molecule has 0 fully saturated rings. The fourth-order valence-electron chi connectivity index (χ4n) is 3.09. The zero-order valence-corrected chi connectivity index (χ0v) is 13.4. The fraction of sp³-hybridized carbons (Fsp3) is 0.167. The molecule has 1 atom stereocenters. The molecule has 4 nitrogen and oxygen atoms in total. The Bertz CT molecular complexity index is 878. The van der Waals surface area contributed by atoms with E-state index in [1.165, 1.54) is 11.8 Å². The Morgan fingerprint density at radius 2 is 2.04 bits per heavy atom. The van der Waals surface area contributed by atoms with Gasteiger partial charge in [-0.1, -0.05) is 42.1 Å². The summed E-state index contributed by atoms with van der Waals surface area (Å²) in [6.07, 6.45) is 6.55. The Hall–Kier alpha value is -2.58. The molecular formula is C18H14N4S. The van der Waals surface area contributed by atoms with Gasteiger partial charge in [-0.05, 0) is 24.8 Å². The molecule has 0 saturated heterocycles. The van der Waals surface area contributed by atoms with Crippen LogP contribution in [0.2, 0.25) is 0 Å². The van der Waals surface area contributed by atoms with Crippen LogP contribution < -0.4 is 5.32 Å². The Morgan fingerprint density at radius 1 is 1.22 bits per heavy atom. The van der Waals surface area contributed by atoms with Crippen LogP contribution >= 0.6 is 11.8 Å². The summed E-state index contributed by atoms with van der Waals surface area (Å²) in [7, 11) is 0. The first-order valence-corrected chi connectivity index (χ1v) is 8.62. The molecule has 1 unspecified atom stereocenters. The number of hydrogen-bond donors (Lipinski definition) is 1. The third-order valence-corrected chi connectivity index (χ3v) is 4.72. The molecular weight excluding hydrogens is 304 g/mol. The van der Waals surface area contributed by atoms with Crippen LogP contribution in [0, 0.1) is 11.3 Å². The highest BCUT2D eigenvalue weighted by Gasteiger charge is 2.34. The average molecular weight is 318 g/mol. The number of nitrogens with one attached hydrogen (secondary N) is 1. The fourth-order valence-corrected chi connectivity index (χ4v) is 3.46. The number of fused-ring (bicyclic) bond motifs is 3. The van der Waals surface area contributed by atoms with E-state index in [1.807, 2.05) is 36.6 Å². The molecule has 2 aliphatic rings. The zero-order valence-electron chi connectivity index (χ0n) is 12.6. The lowest BCUT2D eigenvalue weighted by Crippen LogP contribution is -2.06. The number of allylic oxidation sites excluding steroid dienone is 4. The van der Waals surface area contributed by atoms with Crippen molar-refractivity contribution in [2.45, 2.75) is 17.5 Å². The molecule has 5 heteroatoms. The molecule has 1 aliphatic carbocycles. The van der Waals surface area contributed by atoms with Crippen molar-refractivity contribution in [3.8, 4) is 17.3 Å². The molecule has 2 heterocycles. The number of thioether (sulfide) groups is 1. The van der Waals surface area contributed by atoms with Gasteiger partial charge in [0, 0.05) is 28.3 Å². The van der Waals surface area contributed by atoms with Gasteiger partial charge in [0.25, 0.3) is 0 Å². The van der Waals surface area contributed by atoms with Crippen molar-refractivity contribution < 1.29 is 0 Å². The normalized spacial score (nSPS) is 18.2. The summed E-state index contributed by atoms with van der Waals surface area (Å²) in [5, 5.41) is 13.4. The van der Waals surface area contributed by atoms with E-state index < -0.39 is 0 Å². The standard InChI is InChI=1S/C18H14N4S/c1-23-18-21-16(12-5-3-2-4-6-12)15-13-9-11(10-19)7-8-14(13)20-17(15)22-18/h2-8,13H,9H2,1H3,(H,20,21,22). The quantitative estimate of drug-likeness (QED) is 0.667. The maximum Gasteiger partial charge on any atom is 0.189 e. The van der Waals surface area contributed by atoms with Gasteiger partial charge in [0.2, 0.25) is 0 Å². The highest BCUT2D eigenvalue weighted by molar-refractivity contribution is 7.98. The maximum absolute atomic E-state index is 9.22. The Balaban J connectivity index is 1.90. The SMILES string of the molecule is CSc1nc2c(c(-c3ccccc3)n1)C1CC(C#N)=CC=C1N2. The van der Waals surface area contributed by atoms with Gasteiger partial charge in [0.1, 0.15) is 5.82 Å². The lowest BCUT2D eigenvalue weighted by atomic mass is 9.86. The number of anilines is 1. The van der Waals surface area contributed by atoms with E-state index in [1.54, 1.807) is 0 Å². The predicted molar refractivity (Wildman–Crippen MR) is 92.0 cm³/mol. The lowest BCUT2D eigenvalue weighted by Gasteiger charge is -2.17. The third-order valence-electron chi connectivity index (χ3n) is 4.17. The molecule has 0 bridgehead atoms. The number of nitriles is 1. The van der Waals surface area contributed by atoms with Crippen molar-refractivity contribution >= 4 is 17.6 Å². The van der Waals surface area contributed by atoms with Crippen LogP contribution in [-0.2, 0) is 0 Å². The maximum atomic E-state index is 9.22. The Labute approximate surface area is 139 Å². The first-order chi connectivity index (χ1) is 11.3. The topological polar surface area (TPSA) is 61.6 Å². The van der Waals surface area contributed by atoms with Gasteiger partial charge >= 0.3 is 0 Å². The smallest absolute Gasteiger partial charge is 0.189 e. The van der Waals surface area contributed by atoms with Crippen molar-refractivity contribution in [3.05, 3.63) is 59.3 Å². The van der Waals surface area contributed by atoms with E-state index in [0.717, 1.165) is 39.1 Å². The second-order valence-electron chi connectivity index (χ2n) is 5.49. The Morgan fingerprint density at radius 3 is 2.78 bits per heavy atom. The molecule has 23 heavy (non-hydrogen) atoms. The van der Waals surface area contributed by atoms with Gasteiger partial charge in [-0.3, -0.25) is 0 Å². The van der Waals surface area contributed by atoms with Crippen LogP contribution in [0.15, 0.2) is 58.9 Å². The number of hydrogen-bond acceptors (Lipinski definition) is 5. The molecule has 1 aromatic heterocycles. The molecule has 1 N–H and O–H groups in total. The van der Waals surface area contributed by atoms with Crippen molar-refractivity contribution in [1.29, 1.82) is 5.26 Å². The summed E-state index contributed by atoms with van der Waals surface area (Å²) >= 11 is 1.53. The minimum absolute atomic E-state index is 0.135. The molecule has 4 rings (SSSR count). The number of benzene rings is 1. The van der Waals surface area contributed by atoms with Crippen molar-refractivity contribution in [2.75, 3.05) is 11.6 Å². The van der Waals surface area contributed by atoms with Gasteiger partial charge in [-0.2, -0.15) is 5.26 Å². The highest BCUT2D eigenvalue weighted by Crippen LogP contribution is 2.47. The monoisotopic (exact) mass is 318 g/mol. The molecule has 1 aliphatic heterocycles. The minimum atomic E-state index is 0.135. The van der Waals surface area contributed by atoms with E-state index >= 15 is 0 Å². The van der Waals surface area contributed by atoms with Gasteiger partial charge in [-0.25, -0.2) is 9.97 Å². The average Bonchev–Trinajstić information content (AvgIpc) is 2.99. The third kappa shape index (κ3) is 2.32. The summed E-state index contributed by atoms with van der Waals surface area (Å²) in [5.74, 6) is 1.00. The summed E-state index contributed by atoms with van der Waals surface area (Å²) in [6, 6.07) is 12.4. The van der Waals surface area contributed by atoms with Crippen LogP contribution in [0.3, 0.4) is 0 Å². The predicted octanol–water partition coefficient (Wildman–Crippen LogP) is 4.11. The number of nitrogens with zero attached hydrogens (tertiary/aromatic N) is 3.